The van der Waals surface area contributed by atoms with Gasteiger partial charge in [0.05, 0.1) is 25.9 Å². The number of aliphatic hydroxyl groups excluding tert-OH is 1. The van der Waals surface area contributed by atoms with Gasteiger partial charge >= 0.3 is 12.1 Å². The van der Waals surface area contributed by atoms with E-state index in [4.69, 9.17) is 37.6 Å². The average Bonchev–Trinajstić information content (AvgIpc) is 3.42. The number of benzene rings is 1. The number of Topliss-reactive ketones (excluding diaryl/α,β-unsaturated/α-hetero) is 1. The van der Waals surface area contributed by atoms with Crippen molar-refractivity contribution in [2.24, 2.45) is 0 Å². The van der Waals surface area contributed by atoms with E-state index < -0.39 is 69.5 Å². The molecule has 0 aliphatic carbocycles. The van der Waals surface area contributed by atoms with Crippen LogP contribution in [0, 0.1) is 0 Å². The van der Waals surface area contributed by atoms with Crippen LogP contribution in [0.5, 0.6) is 0 Å². The molecule has 1 N–H and O–H groups in total. The number of hydrogen-bond donors (Lipinski definition) is 1. The number of carbonyl (C=O) groups is 3. The second kappa shape index (κ2) is 16.5. The van der Waals surface area contributed by atoms with Gasteiger partial charge in [-0.1, -0.05) is 71.9 Å². The lowest BCUT2D eigenvalue weighted by Crippen LogP contribution is -2.61. The maximum atomic E-state index is 12.4. The lowest BCUT2D eigenvalue weighted by atomic mass is 9.99. The van der Waals surface area contributed by atoms with Gasteiger partial charge in [-0.05, 0) is 35.2 Å². The summed E-state index contributed by atoms with van der Waals surface area (Å²) in [6, 6.07) is 9.57. The highest BCUT2D eigenvalue weighted by molar-refractivity contribution is 6.77. The molecule has 0 aromatic heterocycles. The molecule has 2 saturated heterocycles. The highest BCUT2D eigenvalue weighted by Crippen LogP contribution is 2.43. The van der Waals surface area contributed by atoms with E-state index in [9.17, 15) is 19.5 Å². The predicted molar refractivity (Wildman–Crippen MR) is 172 cm³/mol. The number of esters is 1. The summed E-state index contributed by atoms with van der Waals surface area (Å²) in [5.74, 6) is -0.683. The molecule has 3 heterocycles. The van der Waals surface area contributed by atoms with Crippen LogP contribution in [0.25, 0.3) is 0 Å². The van der Waals surface area contributed by atoms with E-state index in [2.05, 4.69) is 41.5 Å². The fraction of sp³-hybridized carbons (Fsp3) is 0.676. The molecule has 0 unspecified atom stereocenters. The van der Waals surface area contributed by atoms with Crippen molar-refractivity contribution < 1.29 is 57.1 Å². The van der Waals surface area contributed by atoms with E-state index in [1.54, 1.807) is 6.08 Å². The Bertz CT molecular complexity index is 1200. The monoisotopic (exact) mass is 678 g/mol. The van der Waals surface area contributed by atoms with Crippen molar-refractivity contribution in [3.8, 4) is 0 Å². The lowest BCUT2D eigenvalue weighted by Gasteiger charge is -2.45. The minimum absolute atomic E-state index is 0.0636. The fourth-order valence-corrected chi connectivity index (χ4v) is 12.4. The van der Waals surface area contributed by atoms with E-state index >= 15 is 0 Å². The summed E-state index contributed by atoms with van der Waals surface area (Å²) in [6.45, 7) is 14.6. The number of ketones is 1. The normalized spacial score (nSPS) is 29.0. The van der Waals surface area contributed by atoms with E-state index in [0.717, 1.165) is 5.56 Å². The van der Waals surface area contributed by atoms with Gasteiger partial charge in [0.2, 0.25) is 0 Å². The molecule has 1 aromatic rings. The fourth-order valence-electron chi connectivity index (χ4n) is 6.91. The summed E-state index contributed by atoms with van der Waals surface area (Å²) in [4.78, 5) is 36.0. The molecule has 3 aliphatic heterocycles. The van der Waals surface area contributed by atoms with Crippen LogP contribution in [0.3, 0.4) is 0 Å². The summed E-state index contributed by atoms with van der Waals surface area (Å²) in [5, 5.41) is 11.4. The Morgan fingerprint density at radius 3 is 2.21 bits per heavy atom. The van der Waals surface area contributed by atoms with E-state index in [-0.39, 0.29) is 38.4 Å². The molecule has 4 rings (SSSR count). The number of fused-ring (bicyclic) bond motifs is 1. The molecule has 0 spiro atoms. The maximum absolute atomic E-state index is 12.4. The van der Waals surface area contributed by atoms with Crippen molar-refractivity contribution in [1.82, 2.24) is 0 Å². The molecule has 12 nitrogen and oxygen atoms in total. The summed E-state index contributed by atoms with van der Waals surface area (Å²) < 4.78 is 47.9. The second-order valence-electron chi connectivity index (χ2n) is 13.3. The standard InChI is InChI=1S/C34H50O12Si/c1-20(2)47(21(3)4,22(5)6)42-19-27-31-32(46-34(38)45-31)29(37)33(43-27)44-30-25(40-17-24-11-9-8-10-12-24)15-16-39-26(30)18-41-28(36)14-13-23(7)35/h8-12,15-16,20-22,25-27,29-33,37H,13-14,17-19H2,1-7H3/t25-,26+,27+,29+,30-,31-,32+,33-/m0/s1. The molecule has 0 amide bonds. The maximum Gasteiger partial charge on any atom is 0.509 e. The van der Waals surface area contributed by atoms with E-state index in [0.29, 0.717) is 16.6 Å². The zero-order valence-corrected chi connectivity index (χ0v) is 29.4. The number of hydrogen-bond acceptors (Lipinski definition) is 12. The SMILES string of the molecule is CC(=O)CCC(=O)OC[C@H]1OC=C[C@H](OCc2ccccc2)[C@@H]1O[C@@H]1O[C@H](CO[Si](C(C)C)(C(C)C)C(C)C)[C@@H]2OC(=O)O[C@@H]2[C@H]1O. The molecular weight excluding hydrogens is 628 g/mol. The molecule has 262 valence electrons. The molecule has 0 saturated carbocycles. The zero-order chi connectivity index (χ0) is 34.3. The molecule has 0 radical (unpaired) electrons. The molecule has 1 aromatic carbocycles. The van der Waals surface area contributed by atoms with Crippen molar-refractivity contribution in [2.45, 2.75) is 134 Å². The molecule has 3 aliphatic rings. The van der Waals surface area contributed by atoms with Gasteiger partial charge in [-0.15, -0.1) is 0 Å². The third kappa shape index (κ3) is 9.01. The van der Waals surface area contributed by atoms with Gasteiger partial charge in [0, 0.05) is 6.42 Å². The summed E-state index contributed by atoms with van der Waals surface area (Å²) >= 11 is 0. The molecule has 8 atom stereocenters. The van der Waals surface area contributed by atoms with Crippen LogP contribution >= 0.6 is 0 Å². The first kappa shape index (κ1) is 37.0. The van der Waals surface area contributed by atoms with Gasteiger partial charge in [-0.25, -0.2) is 4.79 Å². The topological polar surface area (TPSA) is 145 Å². The van der Waals surface area contributed by atoms with Gasteiger partial charge in [0.25, 0.3) is 0 Å². The van der Waals surface area contributed by atoms with Crippen LogP contribution in [0.1, 0.15) is 66.9 Å². The van der Waals surface area contributed by atoms with Gasteiger partial charge in [0.15, 0.2) is 32.9 Å². The predicted octanol–water partition coefficient (Wildman–Crippen LogP) is 4.96. The minimum atomic E-state index is -2.34. The van der Waals surface area contributed by atoms with E-state index in [1.807, 2.05) is 30.3 Å². The summed E-state index contributed by atoms with van der Waals surface area (Å²) in [6.07, 6.45) is -5.72. The third-order valence-electron chi connectivity index (χ3n) is 9.16. The smallest absolute Gasteiger partial charge is 0.492 e. The average molecular weight is 679 g/mol. The molecule has 2 fully saturated rings. The Morgan fingerprint density at radius 1 is 0.915 bits per heavy atom. The number of rotatable bonds is 16. The van der Waals surface area contributed by atoms with Crippen molar-refractivity contribution in [1.29, 1.82) is 0 Å². The third-order valence-corrected chi connectivity index (χ3v) is 15.2. The van der Waals surface area contributed by atoms with Crippen LogP contribution in [0.2, 0.25) is 16.6 Å². The summed E-state index contributed by atoms with van der Waals surface area (Å²) in [5.41, 5.74) is 1.83. The molecule has 0 bridgehead atoms. The van der Waals surface area contributed by atoms with Gasteiger partial charge in [-0.2, -0.15) is 0 Å². The van der Waals surface area contributed by atoms with Crippen LogP contribution in [-0.4, -0.2) is 93.6 Å². The first-order chi connectivity index (χ1) is 22.3. The van der Waals surface area contributed by atoms with Crippen molar-refractivity contribution >= 4 is 26.2 Å². The van der Waals surface area contributed by atoms with Gasteiger partial charge in [0.1, 0.15) is 36.8 Å². The van der Waals surface area contributed by atoms with Crippen molar-refractivity contribution in [3.63, 3.8) is 0 Å². The molecular formula is C34H50O12Si. The van der Waals surface area contributed by atoms with Crippen LogP contribution in [0.4, 0.5) is 4.79 Å². The Balaban J connectivity index is 1.55. The number of carbonyl (C=O) groups excluding carboxylic acids is 3. The van der Waals surface area contributed by atoms with Crippen LogP contribution in [-0.2, 0) is 53.8 Å². The highest BCUT2D eigenvalue weighted by Gasteiger charge is 2.56. The van der Waals surface area contributed by atoms with Crippen molar-refractivity contribution in [2.75, 3.05) is 13.2 Å². The van der Waals surface area contributed by atoms with Crippen molar-refractivity contribution in [3.05, 3.63) is 48.2 Å². The Kier molecular flexibility index (Phi) is 13.0. The number of aliphatic hydroxyl groups is 1. The number of ether oxygens (including phenoxy) is 7. The largest absolute Gasteiger partial charge is 0.509 e. The van der Waals surface area contributed by atoms with Crippen LogP contribution < -0.4 is 0 Å². The molecule has 47 heavy (non-hydrogen) atoms. The Hall–Kier alpha value is -2.81. The zero-order valence-electron chi connectivity index (χ0n) is 28.4. The molecule has 13 heteroatoms. The lowest BCUT2D eigenvalue weighted by molar-refractivity contribution is -0.311. The summed E-state index contributed by atoms with van der Waals surface area (Å²) in [7, 11) is -2.34. The van der Waals surface area contributed by atoms with Crippen LogP contribution in [0.15, 0.2) is 42.7 Å². The first-order valence-electron chi connectivity index (χ1n) is 16.5. The van der Waals surface area contributed by atoms with Gasteiger partial charge < -0.3 is 47.5 Å². The second-order valence-corrected chi connectivity index (χ2v) is 18.8. The first-order valence-corrected chi connectivity index (χ1v) is 18.6. The van der Waals surface area contributed by atoms with E-state index in [1.165, 1.54) is 13.2 Å². The minimum Gasteiger partial charge on any atom is -0.492 e. The Morgan fingerprint density at radius 2 is 1.57 bits per heavy atom. The quantitative estimate of drug-likeness (QED) is 0.186. The van der Waals surface area contributed by atoms with Gasteiger partial charge in [-0.3, -0.25) is 4.79 Å². The Labute approximate surface area is 278 Å². The highest BCUT2D eigenvalue weighted by atomic mass is 28.4.